The molecule has 120 valence electrons. The molecule has 1 aromatic carbocycles. The minimum Gasteiger partial charge on any atom is -0.454 e. The number of likely N-dealkylation sites (N-methyl/N-ethyl adjacent to an activating group) is 1. The first-order chi connectivity index (χ1) is 10.8. The van der Waals surface area contributed by atoms with Crippen molar-refractivity contribution in [3.8, 4) is 11.5 Å². The van der Waals surface area contributed by atoms with Crippen LogP contribution in [-0.4, -0.2) is 36.7 Å². The van der Waals surface area contributed by atoms with Crippen molar-refractivity contribution in [3.05, 3.63) is 18.2 Å². The van der Waals surface area contributed by atoms with Crippen LogP contribution in [0.1, 0.15) is 39.0 Å². The average Bonchev–Trinajstić information content (AvgIpc) is 3.01. The van der Waals surface area contributed by atoms with Gasteiger partial charge >= 0.3 is 0 Å². The Morgan fingerprint density at radius 3 is 2.77 bits per heavy atom. The second-order valence-corrected chi connectivity index (χ2v) is 5.97. The summed E-state index contributed by atoms with van der Waals surface area (Å²) in [6.07, 6.45) is 6.32. The lowest BCUT2D eigenvalue weighted by atomic mass is 9.94. The highest BCUT2D eigenvalue weighted by Gasteiger charge is 2.22. The van der Waals surface area contributed by atoms with Gasteiger partial charge < -0.3 is 14.8 Å². The number of hydrogen-bond acceptors (Lipinski definition) is 4. The van der Waals surface area contributed by atoms with Crippen molar-refractivity contribution in [2.45, 2.75) is 45.1 Å². The van der Waals surface area contributed by atoms with Crippen LogP contribution in [0.25, 0.3) is 0 Å². The van der Waals surface area contributed by atoms with E-state index in [1.165, 1.54) is 32.1 Å². The van der Waals surface area contributed by atoms with Gasteiger partial charge in [0.15, 0.2) is 11.5 Å². The number of anilines is 1. The molecule has 0 radical (unpaired) electrons. The highest BCUT2D eigenvalue weighted by Crippen LogP contribution is 2.34. The van der Waals surface area contributed by atoms with Crippen LogP contribution in [-0.2, 0) is 4.79 Å². The molecule has 1 aliphatic heterocycles. The summed E-state index contributed by atoms with van der Waals surface area (Å²) < 4.78 is 10.6. The number of fused-ring (bicyclic) bond motifs is 1. The number of rotatable bonds is 5. The molecule has 1 N–H and O–H groups in total. The molecule has 1 aliphatic carbocycles. The molecule has 5 heteroatoms. The summed E-state index contributed by atoms with van der Waals surface area (Å²) in [5.74, 6) is 1.46. The van der Waals surface area contributed by atoms with E-state index in [0.717, 1.165) is 18.0 Å². The first kappa shape index (κ1) is 15.2. The summed E-state index contributed by atoms with van der Waals surface area (Å²) in [4.78, 5) is 14.6. The quantitative estimate of drug-likeness (QED) is 0.908. The van der Waals surface area contributed by atoms with Crippen molar-refractivity contribution in [3.63, 3.8) is 0 Å². The minimum absolute atomic E-state index is 0.0336. The zero-order valence-corrected chi connectivity index (χ0v) is 13.1. The molecule has 0 bridgehead atoms. The zero-order chi connectivity index (χ0) is 15.4. The third-order valence-corrected chi connectivity index (χ3v) is 4.50. The van der Waals surface area contributed by atoms with Crippen LogP contribution in [0.5, 0.6) is 11.5 Å². The minimum atomic E-state index is 0.0336. The van der Waals surface area contributed by atoms with Gasteiger partial charge in [-0.25, -0.2) is 0 Å². The summed E-state index contributed by atoms with van der Waals surface area (Å²) in [5, 5.41) is 2.96. The molecule has 0 atom stereocenters. The fourth-order valence-electron chi connectivity index (χ4n) is 3.30. The molecule has 2 aliphatic rings. The van der Waals surface area contributed by atoms with Crippen LogP contribution in [0.2, 0.25) is 0 Å². The molecule has 5 nitrogen and oxygen atoms in total. The summed E-state index contributed by atoms with van der Waals surface area (Å²) in [5.41, 5.74) is 0.758. The molecule has 1 saturated carbocycles. The Balaban J connectivity index is 1.56. The number of carbonyl (C=O) groups excluding carboxylic acids is 1. The number of benzene rings is 1. The van der Waals surface area contributed by atoms with Crippen LogP contribution in [0.4, 0.5) is 5.69 Å². The zero-order valence-electron chi connectivity index (χ0n) is 13.1. The molecular formula is C17H24N2O3. The van der Waals surface area contributed by atoms with Gasteiger partial charge in [-0.15, -0.1) is 0 Å². The van der Waals surface area contributed by atoms with Crippen LogP contribution in [0.3, 0.4) is 0 Å². The van der Waals surface area contributed by atoms with Crippen LogP contribution in [0, 0.1) is 0 Å². The number of ether oxygens (including phenoxy) is 2. The van der Waals surface area contributed by atoms with Gasteiger partial charge in [0.25, 0.3) is 0 Å². The van der Waals surface area contributed by atoms with E-state index >= 15 is 0 Å². The fourth-order valence-corrected chi connectivity index (χ4v) is 3.30. The Kier molecular flexibility index (Phi) is 4.83. The van der Waals surface area contributed by atoms with Crippen LogP contribution >= 0.6 is 0 Å². The molecule has 22 heavy (non-hydrogen) atoms. The maximum atomic E-state index is 12.3. The third-order valence-electron chi connectivity index (χ3n) is 4.50. The molecule has 1 heterocycles. The highest BCUT2D eigenvalue weighted by molar-refractivity contribution is 5.92. The molecule has 0 spiro atoms. The summed E-state index contributed by atoms with van der Waals surface area (Å²) in [6.45, 7) is 3.75. The summed E-state index contributed by atoms with van der Waals surface area (Å²) in [6, 6.07) is 6.05. The topological polar surface area (TPSA) is 50.8 Å². The molecule has 0 unspecified atom stereocenters. The van der Waals surface area contributed by atoms with Crippen molar-refractivity contribution < 1.29 is 14.3 Å². The van der Waals surface area contributed by atoms with Crippen molar-refractivity contribution >= 4 is 11.6 Å². The van der Waals surface area contributed by atoms with E-state index in [1.807, 2.05) is 18.2 Å². The first-order valence-corrected chi connectivity index (χ1v) is 8.20. The largest absolute Gasteiger partial charge is 0.454 e. The Hall–Kier alpha value is -1.75. The summed E-state index contributed by atoms with van der Waals surface area (Å²) in [7, 11) is 0. The van der Waals surface area contributed by atoms with Crippen molar-refractivity contribution in [1.82, 2.24) is 4.90 Å². The standard InChI is InChI=1S/C17H24N2O3/c1-2-19(14-6-4-3-5-7-14)11-17(20)18-13-8-9-15-16(10-13)22-12-21-15/h8-10,14H,2-7,11-12H2,1H3,(H,18,20). The van der Waals surface area contributed by atoms with Gasteiger partial charge in [0.2, 0.25) is 12.7 Å². The summed E-state index contributed by atoms with van der Waals surface area (Å²) >= 11 is 0. The Morgan fingerprint density at radius 1 is 1.23 bits per heavy atom. The number of nitrogens with zero attached hydrogens (tertiary/aromatic N) is 1. The Morgan fingerprint density at radius 2 is 2.00 bits per heavy atom. The van der Waals surface area contributed by atoms with Crippen LogP contribution in [0.15, 0.2) is 18.2 Å². The first-order valence-electron chi connectivity index (χ1n) is 8.20. The smallest absolute Gasteiger partial charge is 0.238 e. The number of nitrogens with one attached hydrogen (secondary N) is 1. The molecule has 1 amide bonds. The molecule has 0 aromatic heterocycles. The second kappa shape index (κ2) is 7.01. The second-order valence-electron chi connectivity index (χ2n) is 5.97. The number of hydrogen-bond donors (Lipinski definition) is 1. The highest BCUT2D eigenvalue weighted by atomic mass is 16.7. The van der Waals surface area contributed by atoms with E-state index in [1.54, 1.807) is 0 Å². The lowest BCUT2D eigenvalue weighted by Crippen LogP contribution is -2.41. The Labute approximate surface area is 131 Å². The molecule has 3 rings (SSSR count). The van der Waals surface area contributed by atoms with Crippen molar-refractivity contribution in [2.75, 3.05) is 25.2 Å². The van der Waals surface area contributed by atoms with Crippen molar-refractivity contribution in [2.24, 2.45) is 0 Å². The maximum absolute atomic E-state index is 12.3. The maximum Gasteiger partial charge on any atom is 0.238 e. The van der Waals surface area contributed by atoms with Gasteiger partial charge in [-0.1, -0.05) is 26.2 Å². The molecular weight excluding hydrogens is 280 g/mol. The predicted molar refractivity (Wildman–Crippen MR) is 85.3 cm³/mol. The van der Waals surface area contributed by atoms with E-state index in [-0.39, 0.29) is 12.7 Å². The molecule has 1 fully saturated rings. The van der Waals surface area contributed by atoms with E-state index in [2.05, 4.69) is 17.1 Å². The normalized spacial score (nSPS) is 17.7. The van der Waals surface area contributed by atoms with E-state index in [9.17, 15) is 4.79 Å². The predicted octanol–water partition coefficient (Wildman–Crippen LogP) is 3.01. The van der Waals surface area contributed by atoms with Gasteiger partial charge in [-0.2, -0.15) is 0 Å². The van der Waals surface area contributed by atoms with E-state index < -0.39 is 0 Å². The van der Waals surface area contributed by atoms with Gasteiger partial charge in [0, 0.05) is 17.8 Å². The van der Waals surface area contributed by atoms with Gasteiger partial charge in [0.05, 0.1) is 6.54 Å². The monoisotopic (exact) mass is 304 g/mol. The van der Waals surface area contributed by atoms with Gasteiger partial charge in [-0.05, 0) is 31.5 Å². The van der Waals surface area contributed by atoms with E-state index in [0.29, 0.717) is 18.3 Å². The third kappa shape index (κ3) is 3.53. The average molecular weight is 304 g/mol. The lowest BCUT2D eigenvalue weighted by molar-refractivity contribution is -0.118. The van der Waals surface area contributed by atoms with Crippen molar-refractivity contribution in [1.29, 1.82) is 0 Å². The van der Waals surface area contributed by atoms with Gasteiger partial charge in [-0.3, -0.25) is 9.69 Å². The number of carbonyl (C=O) groups is 1. The van der Waals surface area contributed by atoms with Gasteiger partial charge in [0.1, 0.15) is 0 Å². The van der Waals surface area contributed by atoms with Crippen LogP contribution < -0.4 is 14.8 Å². The number of amides is 1. The molecule has 1 aromatic rings. The SMILES string of the molecule is CCN(CC(=O)Nc1ccc2c(c1)OCO2)C1CCCCC1. The lowest BCUT2D eigenvalue weighted by Gasteiger charge is -2.32. The Bertz CT molecular complexity index is 527. The molecule has 0 saturated heterocycles. The van der Waals surface area contributed by atoms with E-state index in [4.69, 9.17) is 9.47 Å². The fraction of sp³-hybridized carbons (Fsp3) is 0.588.